The minimum atomic E-state index is -3.76. The van der Waals surface area contributed by atoms with Crippen molar-refractivity contribution in [3.8, 4) is 0 Å². The van der Waals surface area contributed by atoms with Crippen molar-refractivity contribution in [1.29, 1.82) is 0 Å². The minimum absolute atomic E-state index is 0.0506. The van der Waals surface area contributed by atoms with Gasteiger partial charge in [0.25, 0.3) is 0 Å². The zero-order valence-electron chi connectivity index (χ0n) is 11.3. The first kappa shape index (κ1) is 15.9. The molecule has 108 valence electrons. The number of nitrogens with two attached hydrogens (primary N) is 1. The van der Waals surface area contributed by atoms with Gasteiger partial charge in [-0.3, -0.25) is 0 Å². The molecule has 6 heteroatoms. The van der Waals surface area contributed by atoms with E-state index in [1.807, 2.05) is 0 Å². The SMILES string of the molecule is CCCCCC(C)NS(=O)(=O)c1cc(F)ccc1N. The van der Waals surface area contributed by atoms with Gasteiger partial charge in [0.2, 0.25) is 10.0 Å². The van der Waals surface area contributed by atoms with Gasteiger partial charge in [0.1, 0.15) is 10.7 Å². The highest BCUT2D eigenvalue weighted by atomic mass is 32.2. The molecule has 0 aliphatic heterocycles. The molecular formula is C13H21FN2O2S. The summed E-state index contributed by atoms with van der Waals surface area (Å²) in [5, 5.41) is 0. The van der Waals surface area contributed by atoms with Gasteiger partial charge < -0.3 is 5.73 Å². The Morgan fingerprint density at radius 3 is 2.68 bits per heavy atom. The molecule has 0 amide bonds. The number of sulfonamides is 1. The first-order valence-electron chi connectivity index (χ1n) is 6.44. The molecule has 1 aromatic rings. The summed E-state index contributed by atoms with van der Waals surface area (Å²) >= 11 is 0. The molecular weight excluding hydrogens is 267 g/mol. The number of rotatable bonds is 7. The second-order valence-electron chi connectivity index (χ2n) is 4.70. The summed E-state index contributed by atoms with van der Waals surface area (Å²) in [4.78, 5) is -0.199. The molecule has 0 heterocycles. The van der Waals surface area contributed by atoms with E-state index in [2.05, 4.69) is 11.6 Å². The van der Waals surface area contributed by atoms with E-state index < -0.39 is 15.8 Å². The topological polar surface area (TPSA) is 72.2 Å². The van der Waals surface area contributed by atoms with Crippen molar-refractivity contribution in [2.75, 3.05) is 5.73 Å². The van der Waals surface area contributed by atoms with E-state index in [1.54, 1.807) is 6.92 Å². The maximum absolute atomic E-state index is 13.1. The van der Waals surface area contributed by atoms with E-state index in [4.69, 9.17) is 5.73 Å². The van der Waals surface area contributed by atoms with Gasteiger partial charge in [-0.05, 0) is 31.5 Å². The van der Waals surface area contributed by atoms with E-state index in [-0.39, 0.29) is 16.6 Å². The fourth-order valence-electron chi connectivity index (χ4n) is 1.83. The van der Waals surface area contributed by atoms with Crippen molar-refractivity contribution in [2.45, 2.75) is 50.5 Å². The Hall–Kier alpha value is -1.14. The molecule has 0 fully saturated rings. The molecule has 0 aromatic heterocycles. The van der Waals surface area contributed by atoms with Crippen LogP contribution in [0.4, 0.5) is 10.1 Å². The Kier molecular flexibility index (Phi) is 5.75. The summed E-state index contributed by atoms with van der Waals surface area (Å²) < 4.78 is 39.8. The third-order valence-corrected chi connectivity index (χ3v) is 4.51. The number of hydrogen-bond donors (Lipinski definition) is 2. The van der Waals surface area contributed by atoms with Crippen LogP contribution in [0.1, 0.15) is 39.5 Å². The van der Waals surface area contributed by atoms with Crippen molar-refractivity contribution in [3.63, 3.8) is 0 Å². The van der Waals surface area contributed by atoms with Crippen molar-refractivity contribution in [3.05, 3.63) is 24.0 Å². The molecule has 1 rings (SSSR count). The van der Waals surface area contributed by atoms with E-state index in [0.29, 0.717) is 0 Å². The predicted octanol–water partition coefficient (Wildman–Crippen LogP) is 2.66. The van der Waals surface area contributed by atoms with Crippen LogP contribution in [0.5, 0.6) is 0 Å². The van der Waals surface area contributed by atoms with Gasteiger partial charge in [0, 0.05) is 6.04 Å². The van der Waals surface area contributed by atoms with Crippen LogP contribution in [0, 0.1) is 5.82 Å². The lowest BCUT2D eigenvalue weighted by Crippen LogP contribution is -2.33. The van der Waals surface area contributed by atoms with Crippen LogP contribution in [0.3, 0.4) is 0 Å². The molecule has 19 heavy (non-hydrogen) atoms. The van der Waals surface area contributed by atoms with Gasteiger partial charge in [-0.2, -0.15) is 0 Å². The average Bonchev–Trinajstić information content (AvgIpc) is 2.32. The first-order valence-corrected chi connectivity index (χ1v) is 7.92. The van der Waals surface area contributed by atoms with Crippen molar-refractivity contribution in [1.82, 2.24) is 4.72 Å². The molecule has 0 radical (unpaired) electrons. The maximum Gasteiger partial charge on any atom is 0.242 e. The smallest absolute Gasteiger partial charge is 0.242 e. The van der Waals surface area contributed by atoms with Crippen LogP contribution >= 0.6 is 0 Å². The third-order valence-electron chi connectivity index (χ3n) is 2.86. The molecule has 0 spiro atoms. The highest BCUT2D eigenvalue weighted by Crippen LogP contribution is 2.19. The molecule has 4 nitrogen and oxygen atoms in total. The van der Waals surface area contributed by atoms with E-state index >= 15 is 0 Å². The lowest BCUT2D eigenvalue weighted by molar-refractivity contribution is 0.526. The Morgan fingerprint density at radius 1 is 1.37 bits per heavy atom. The van der Waals surface area contributed by atoms with Gasteiger partial charge in [0.05, 0.1) is 5.69 Å². The molecule has 0 aliphatic carbocycles. The van der Waals surface area contributed by atoms with Crippen LogP contribution in [0.2, 0.25) is 0 Å². The molecule has 3 N–H and O–H groups in total. The summed E-state index contributed by atoms with van der Waals surface area (Å²) in [5.74, 6) is -0.617. The standard InChI is InChI=1S/C13H21FN2O2S/c1-3-4-5-6-10(2)16-19(17,18)13-9-11(14)7-8-12(13)15/h7-10,16H,3-6,15H2,1-2H3. The Labute approximate surface area is 114 Å². The lowest BCUT2D eigenvalue weighted by atomic mass is 10.1. The number of benzene rings is 1. The first-order chi connectivity index (χ1) is 8.86. The zero-order chi connectivity index (χ0) is 14.5. The van der Waals surface area contributed by atoms with Crippen molar-refractivity contribution < 1.29 is 12.8 Å². The predicted molar refractivity (Wildman–Crippen MR) is 74.7 cm³/mol. The minimum Gasteiger partial charge on any atom is -0.398 e. The van der Waals surface area contributed by atoms with Crippen LogP contribution in [0.25, 0.3) is 0 Å². The van der Waals surface area contributed by atoms with Crippen molar-refractivity contribution >= 4 is 15.7 Å². The molecule has 1 unspecified atom stereocenters. The molecule has 0 saturated heterocycles. The van der Waals surface area contributed by atoms with Gasteiger partial charge in [-0.25, -0.2) is 17.5 Å². The Morgan fingerprint density at radius 2 is 2.05 bits per heavy atom. The largest absolute Gasteiger partial charge is 0.398 e. The number of unbranched alkanes of at least 4 members (excludes halogenated alkanes) is 2. The van der Waals surface area contributed by atoms with Crippen molar-refractivity contribution in [2.24, 2.45) is 0 Å². The van der Waals surface area contributed by atoms with Crippen LogP contribution in [-0.2, 0) is 10.0 Å². The Balaban J connectivity index is 2.78. The number of halogens is 1. The van der Waals surface area contributed by atoms with E-state index in [9.17, 15) is 12.8 Å². The number of nitrogens with one attached hydrogen (secondary N) is 1. The van der Waals surface area contributed by atoms with E-state index in [1.165, 1.54) is 6.07 Å². The normalized spacial score (nSPS) is 13.4. The summed E-state index contributed by atoms with van der Waals surface area (Å²) in [5.41, 5.74) is 5.64. The second-order valence-corrected chi connectivity index (χ2v) is 6.38. The lowest BCUT2D eigenvalue weighted by Gasteiger charge is -2.15. The van der Waals surface area contributed by atoms with E-state index in [0.717, 1.165) is 37.8 Å². The summed E-state index contributed by atoms with van der Waals surface area (Å²) in [6.07, 6.45) is 3.85. The summed E-state index contributed by atoms with van der Waals surface area (Å²) in [7, 11) is -3.76. The fraction of sp³-hybridized carbons (Fsp3) is 0.538. The highest BCUT2D eigenvalue weighted by molar-refractivity contribution is 7.89. The third kappa shape index (κ3) is 4.80. The molecule has 1 atom stereocenters. The van der Waals surface area contributed by atoms with Gasteiger partial charge in [0.15, 0.2) is 0 Å². The maximum atomic E-state index is 13.1. The number of anilines is 1. The van der Waals surface area contributed by atoms with Crippen LogP contribution in [0.15, 0.2) is 23.1 Å². The zero-order valence-corrected chi connectivity index (χ0v) is 12.1. The Bertz CT molecular complexity index is 517. The molecule has 1 aromatic carbocycles. The molecule has 0 saturated carbocycles. The van der Waals surface area contributed by atoms with Gasteiger partial charge >= 0.3 is 0 Å². The fourth-order valence-corrected chi connectivity index (χ4v) is 3.25. The van der Waals surface area contributed by atoms with Gasteiger partial charge in [-0.15, -0.1) is 0 Å². The quantitative estimate of drug-likeness (QED) is 0.598. The number of hydrogen-bond acceptors (Lipinski definition) is 3. The molecule has 0 bridgehead atoms. The summed E-state index contributed by atoms with van der Waals surface area (Å²) in [6, 6.07) is 3.14. The van der Waals surface area contributed by atoms with Crippen LogP contribution in [-0.4, -0.2) is 14.5 Å². The number of nitrogen functional groups attached to an aromatic ring is 1. The monoisotopic (exact) mass is 288 g/mol. The van der Waals surface area contributed by atoms with Crippen LogP contribution < -0.4 is 10.5 Å². The summed E-state index contributed by atoms with van der Waals surface area (Å²) in [6.45, 7) is 3.88. The average molecular weight is 288 g/mol. The van der Waals surface area contributed by atoms with Gasteiger partial charge in [-0.1, -0.05) is 26.2 Å². The second kappa shape index (κ2) is 6.86. The highest BCUT2D eigenvalue weighted by Gasteiger charge is 2.20. The molecule has 0 aliphatic rings.